The Bertz CT molecular complexity index is 1160. The molecule has 0 spiro atoms. The van der Waals surface area contributed by atoms with Gasteiger partial charge in [-0.25, -0.2) is 9.59 Å². The van der Waals surface area contributed by atoms with Gasteiger partial charge in [-0.15, -0.1) is 0 Å². The van der Waals surface area contributed by atoms with Gasteiger partial charge in [0.2, 0.25) is 17.6 Å². The van der Waals surface area contributed by atoms with Crippen molar-refractivity contribution in [3.8, 4) is 0 Å². The molecule has 46 heavy (non-hydrogen) atoms. The summed E-state index contributed by atoms with van der Waals surface area (Å²) in [5, 5.41) is 8.59. The smallest absolute Gasteiger partial charge is 0.410 e. The SMILES string of the molecule is CC(C)[C@@H]1C[C@@H](C(=O)NC(CCCC2CC2)C(=O)C(N)=O)N(C(=O)[C@@H](NC(=O)N[C@H](CN2CCOC2=O)C(C)(C)C)C(C)(C)C)C1. The number of nitrogens with two attached hydrogens (primary N) is 1. The van der Waals surface area contributed by atoms with Gasteiger partial charge in [0.15, 0.2) is 0 Å². The highest BCUT2D eigenvalue weighted by atomic mass is 16.6. The zero-order valence-corrected chi connectivity index (χ0v) is 28.9. The minimum Gasteiger partial charge on any atom is -0.448 e. The third-order valence-corrected chi connectivity index (χ3v) is 9.53. The maximum atomic E-state index is 14.3. The fourth-order valence-electron chi connectivity index (χ4n) is 6.06. The minimum atomic E-state index is -1.10. The Morgan fingerprint density at radius 2 is 1.63 bits per heavy atom. The lowest BCUT2D eigenvalue weighted by Gasteiger charge is -2.37. The van der Waals surface area contributed by atoms with Crippen molar-refractivity contribution in [1.82, 2.24) is 25.8 Å². The van der Waals surface area contributed by atoms with Gasteiger partial charge < -0.3 is 36.2 Å². The maximum Gasteiger partial charge on any atom is 0.410 e. The van der Waals surface area contributed by atoms with E-state index in [2.05, 4.69) is 16.0 Å². The van der Waals surface area contributed by atoms with Gasteiger partial charge in [-0.2, -0.15) is 0 Å². The van der Waals surface area contributed by atoms with Crippen LogP contribution in [0.15, 0.2) is 0 Å². The third-order valence-electron chi connectivity index (χ3n) is 9.53. The molecule has 13 nitrogen and oxygen atoms in total. The molecular weight excluding hydrogens is 592 g/mol. The van der Waals surface area contributed by atoms with Crippen LogP contribution in [-0.2, 0) is 23.9 Å². The number of ether oxygens (including phenoxy) is 1. The second-order valence-electron chi connectivity index (χ2n) is 15.8. The summed E-state index contributed by atoms with van der Waals surface area (Å²) in [4.78, 5) is 81.1. The molecule has 3 rings (SSSR count). The van der Waals surface area contributed by atoms with Gasteiger partial charge in [-0.1, -0.05) is 81.1 Å². The first-order chi connectivity index (χ1) is 21.3. The monoisotopic (exact) mass is 648 g/mol. The lowest BCUT2D eigenvalue weighted by Crippen LogP contribution is -2.61. The molecule has 2 aliphatic heterocycles. The summed E-state index contributed by atoms with van der Waals surface area (Å²) in [6.07, 6.45) is 4.16. The molecule has 260 valence electrons. The van der Waals surface area contributed by atoms with Crippen LogP contribution in [0.5, 0.6) is 0 Å². The molecule has 1 aliphatic carbocycles. The second kappa shape index (κ2) is 15.0. The summed E-state index contributed by atoms with van der Waals surface area (Å²) in [6, 6.07) is -3.94. The molecule has 1 unspecified atom stereocenters. The number of ketones is 1. The molecule has 3 aliphatic rings. The van der Waals surface area contributed by atoms with Gasteiger partial charge in [-0.05, 0) is 41.4 Å². The fraction of sp³-hybridized carbons (Fsp3) is 0.818. The van der Waals surface area contributed by atoms with E-state index in [1.165, 1.54) is 4.90 Å². The average molecular weight is 649 g/mol. The van der Waals surface area contributed by atoms with Crippen LogP contribution in [0, 0.1) is 28.6 Å². The molecule has 0 aromatic carbocycles. The van der Waals surface area contributed by atoms with Crippen LogP contribution in [0.4, 0.5) is 9.59 Å². The molecule has 2 saturated heterocycles. The van der Waals surface area contributed by atoms with Crippen LogP contribution in [0.2, 0.25) is 0 Å². The molecule has 5 N–H and O–H groups in total. The van der Waals surface area contributed by atoms with Crippen LogP contribution in [0.25, 0.3) is 0 Å². The van der Waals surface area contributed by atoms with Crippen molar-refractivity contribution in [3.63, 3.8) is 0 Å². The van der Waals surface area contributed by atoms with Crippen molar-refractivity contribution in [3.05, 3.63) is 0 Å². The summed E-state index contributed by atoms with van der Waals surface area (Å²) in [5.74, 6) is -2.05. The van der Waals surface area contributed by atoms with E-state index in [1.807, 2.05) is 55.4 Å². The lowest BCUT2D eigenvalue weighted by molar-refractivity contribution is -0.143. The number of nitrogens with one attached hydrogen (secondary N) is 3. The number of amides is 6. The topological polar surface area (TPSA) is 180 Å². The number of hydrogen-bond donors (Lipinski definition) is 4. The Hall–Kier alpha value is -3.38. The summed E-state index contributed by atoms with van der Waals surface area (Å²) in [7, 11) is 0. The van der Waals surface area contributed by atoms with Crippen LogP contribution < -0.4 is 21.7 Å². The van der Waals surface area contributed by atoms with Crippen molar-refractivity contribution >= 4 is 35.6 Å². The fourth-order valence-corrected chi connectivity index (χ4v) is 6.06. The molecule has 0 aromatic rings. The largest absolute Gasteiger partial charge is 0.448 e. The molecular formula is C33H56N6O7. The van der Waals surface area contributed by atoms with Crippen molar-refractivity contribution in [2.24, 2.45) is 34.3 Å². The van der Waals surface area contributed by atoms with Crippen molar-refractivity contribution in [1.29, 1.82) is 0 Å². The van der Waals surface area contributed by atoms with Gasteiger partial charge >= 0.3 is 12.1 Å². The Morgan fingerprint density at radius 3 is 2.13 bits per heavy atom. The van der Waals surface area contributed by atoms with Crippen LogP contribution in [0.1, 0.15) is 93.9 Å². The molecule has 6 amide bonds. The number of urea groups is 1. The average Bonchev–Trinajstić information content (AvgIpc) is 3.50. The summed E-state index contributed by atoms with van der Waals surface area (Å²) in [5.41, 5.74) is 4.18. The Labute approximate surface area is 273 Å². The number of likely N-dealkylation sites (tertiary alicyclic amines) is 1. The normalized spacial score (nSPS) is 22.2. The summed E-state index contributed by atoms with van der Waals surface area (Å²) >= 11 is 0. The highest BCUT2D eigenvalue weighted by Crippen LogP contribution is 2.35. The summed E-state index contributed by atoms with van der Waals surface area (Å²) in [6.45, 7) is 16.7. The number of carbonyl (C=O) groups excluding carboxylic acids is 6. The molecule has 13 heteroatoms. The van der Waals surface area contributed by atoms with Gasteiger partial charge in [-0.3, -0.25) is 19.2 Å². The van der Waals surface area contributed by atoms with E-state index < -0.39 is 70.6 Å². The Balaban J connectivity index is 1.78. The van der Waals surface area contributed by atoms with Gasteiger partial charge in [0, 0.05) is 13.1 Å². The molecule has 5 atom stereocenters. The second-order valence-corrected chi connectivity index (χ2v) is 15.8. The molecule has 2 heterocycles. The predicted octanol–water partition coefficient (Wildman–Crippen LogP) is 2.56. The van der Waals surface area contributed by atoms with E-state index in [1.54, 1.807) is 4.90 Å². The number of nitrogens with zero attached hydrogens (tertiary/aromatic N) is 2. The zero-order chi connectivity index (χ0) is 34.6. The molecule has 0 bridgehead atoms. The van der Waals surface area contributed by atoms with E-state index in [9.17, 15) is 28.8 Å². The first-order valence-electron chi connectivity index (χ1n) is 16.7. The van der Waals surface area contributed by atoms with Gasteiger partial charge in [0.25, 0.3) is 5.91 Å². The highest BCUT2D eigenvalue weighted by Gasteiger charge is 2.46. The van der Waals surface area contributed by atoms with Crippen molar-refractivity contribution < 1.29 is 33.5 Å². The van der Waals surface area contributed by atoms with Gasteiger partial charge in [0.05, 0.1) is 18.6 Å². The quantitative estimate of drug-likeness (QED) is 0.209. The number of primary amides is 1. The molecule has 0 radical (unpaired) electrons. The lowest BCUT2D eigenvalue weighted by atomic mass is 9.85. The van der Waals surface area contributed by atoms with Crippen molar-refractivity contribution in [2.75, 3.05) is 26.2 Å². The summed E-state index contributed by atoms with van der Waals surface area (Å²) < 4.78 is 5.05. The predicted molar refractivity (Wildman–Crippen MR) is 172 cm³/mol. The van der Waals surface area contributed by atoms with E-state index in [0.717, 1.165) is 19.3 Å². The van der Waals surface area contributed by atoms with E-state index in [4.69, 9.17) is 10.5 Å². The molecule has 0 aromatic heterocycles. The van der Waals surface area contributed by atoms with Crippen LogP contribution in [0.3, 0.4) is 0 Å². The van der Waals surface area contributed by atoms with Crippen molar-refractivity contribution in [2.45, 2.75) is 118 Å². The zero-order valence-electron chi connectivity index (χ0n) is 28.9. The van der Waals surface area contributed by atoms with Crippen LogP contribution in [-0.4, -0.2) is 95.8 Å². The number of rotatable bonds is 14. The van der Waals surface area contributed by atoms with E-state index >= 15 is 0 Å². The van der Waals surface area contributed by atoms with E-state index in [0.29, 0.717) is 44.9 Å². The number of carbonyl (C=O) groups is 6. The molecule has 1 saturated carbocycles. The maximum absolute atomic E-state index is 14.3. The Morgan fingerprint density at radius 1 is 0.978 bits per heavy atom. The van der Waals surface area contributed by atoms with E-state index in [-0.39, 0.29) is 18.4 Å². The standard InChI is InChI=1S/C33H56N6O7/c1-19(2)21-16-23(28(42)35-22(25(40)27(34)41)11-9-10-20-12-13-20)39(17-21)29(43)26(33(6,7)8)37-30(44)36-24(32(3,4)5)18-38-14-15-46-31(38)45/h19-24,26H,9-18H2,1-8H3,(H2,34,41)(H,35,42)(H2,36,37,44)/t21-,22?,23+,24-,26-/m1/s1. The van der Waals surface area contributed by atoms with Gasteiger partial charge in [0.1, 0.15) is 18.7 Å². The minimum absolute atomic E-state index is 0.0137. The highest BCUT2D eigenvalue weighted by molar-refractivity contribution is 6.37. The number of Topliss-reactive ketones (excluding diaryl/α,β-unsaturated/α-hetero) is 1. The first-order valence-corrected chi connectivity index (χ1v) is 16.7. The number of hydrogen-bond acceptors (Lipinski definition) is 7. The molecule has 3 fully saturated rings. The first kappa shape index (κ1) is 37.1. The Kier molecular flexibility index (Phi) is 12.1. The number of cyclic esters (lactones) is 1. The van der Waals surface area contributed by atoms with Crippen LogP contribution >= 0.6 is 0 Å². The third kappa shape index (κ3) is 10.1.